The molecule has 0 saturated heterocycles. The molecule has 0 unspecified atom stereocenters. The molecule has 2 heterocycles. The molecule has 5 nitrogen and oxygen atoms in total. The first-order valence-electron chi connectivity index (χ1n) is 16.3. The molecule has 9 aromatic rings. The van der Waals surface area contributed by atoms with Crippen LogP contribution in [0.3, 0.4) is 0 Å². The Morgan fingerprint density at radius 1 is 0.480 bits per heavy atom. The highest BCUT2D eigenvalue weighted by molar-refractivity contribution is 6.16. The molecule has 7 aromatic carbocycles. The summed E-state index contributed by atoms with van der Waals surface area (Å²) in [5, 5.41) is 23.9. The molecule has 0 fully saturated rings. The lowest BCUT2D eigenvalue weighted by atomic mass is 9.91. The number of hydrogen-bond donors (Lipinski definition) is 0. The van der Waals surface area contributed by atoms with Crippen LogP contribution in [0.25, 0.3) is 82.1 Å². The molecular formula is C45H25N5. The zero-order valence-electron chi connectivity index (χ0n) is 26.7. The van der Waals surface area contributed by atoms with Crippen LogP contribution >= 0.6 is 0 Å². The van der Waals surface area contributed by atoms with Crippen molar-refractivity contribution in [3.05, 3.63) is 174 Å². The van der Waals surface area contributed by atoms with E-state index in [2.05, 4.69) is 111 Å². The quantitative estimate of drug-likeness (QED) is 0.181. The van der Waals surface area contributed by atoms with E-state index in [0.29, 0.717) is 16.8 Å². The molecule has 0 aliphatic rings. The van der Waals surface area contributed by atoms with Crippen LogP contribution in [0, 0.1) is 29.2 Å². The molecule has 0 bridgehead atoms. The van der Waals surface area contributed by atoms with Crippen LogP contribution in [0.15, 0.2) is 152 Å². The van der Waals surface area contributed by atoms with Gasteiger partial charge in [0, 0.05) is 32.9 Å². The molecule has 0 aliphatic carbocycles. The summed E-state index contributed by atoms with van der Waals surface area (Å²) in [4.78, 5) is 3.85. The third-order valence-corrected chi connectivity index (χ3v) is 9.60. The predicted octanol–water partition coefficient (Wildman–Crippen LogP) is 11.5. The van der Waals surface area contributed by atoms with Gasteiger partial charge in [-0.2, -0.15) is 10.5 Å². The Morgan fingerprint density at radius 3 is 1.88 bits per heavy atom. The number of fused-ring (bicyclic) bond motifs is 6. The molecule has 9 rings (SSSR count). The standard InChI is InChI=1S/C45H25N5/c1-48-39-15-9-19-44-45(39)38-25-30(28-47)21-23-43(38)50(44)42-18-7-2-12-34(42)33-22-20-29(27-46)24-37(33)31-10-8-11-32(26-31)49-40-16-5-3-13-35(40)36-14-4-6-17-41(36)49/h2-26H. The minimum Gasteiger partial charge on any atom is -0.310 e. The van der Waals surface area contributed by atoms with Gasteiger partial charge in [0.1, 0.15) is 0 Å². The zero-order chi connectivity index (χ0) is 33.8. The van der Waals surface area contributed by atoms with Crippen LogP contribution < -0.4 is 0 Å². The minimum atomic E-state index is 0.541. The largest absolute Gasteiger partial charge is 0.310 e. The maximum Gasteiger partial charge on any atom is 0.197 e. The third-order valence-electron chi connectivity index (χ3n) is 9.60. The fourth-order valence-corrected chi connectivity index (χ4v) is 7.47. The first-order valence-corrected chi connectivity index (χ1v) is 16.3. The number of rotatable bonds is 4. The SMILES string of the molecule is [C-]#[N+]c1cccc2c1c1cc(C#N)ccc1n2-c1ccccc1-c1ccc(C#N)cc1-c1cccc(-n2c3ccccc3c3ccccc32)c1. The zero-order valence-corrected chi connectivity index (χ0v) is 26.7. The van der Waals surface area contributed by atoms with E-state index >= 15 is 0 Å². The average Bonchev–Trinajstić information content (AvgIpc) is 3.70. The molecule has 0 saturated carbocycles. The maximum absolute atomic E-state index is 10.0. The summed E-state index contributed by atoms with van der Waals surface area (Å²) in [5.74, 6) is 0. The van der Waals surface area contributed by atoms with Crippen LogP contribution in [0.2, 0.25) is 0 Å². The molecular weight excluding hydrogens is 611 g/mol. The number of hydrogen-bond acceptors (Lipinski definition) is 2. The van der Waals surface area contributed by atoms with Gasteiger partial charge in [-0.15, -0.1) is 0 Å². The molecule has 0 N–H and O–H groups in total. The Hall–Kier alpha value is -7.39. The number of nitrogens with zero attached hydrogens (tertiary/aromatic N) is 5. The van der Waals surface area contributed by atoms with Gasteiger partial charge in [0.15, 0.2) is 5.69 Å². The van der Waals surface area contributed by atoms with E-state index in [0.717, 1.165) is 66.5 Å². The fourth-order valence-electron chi connectivity index (χ4n) is 7.47. The monoisotopic (exact) mass is 635 g/mol. The van der Waals surface area contributed by atoms with Crippen LogP contribution in [0.5, 0.6) is 0 Å². The van der Waals surface area contributed by atoms with E-state index in [1.165, 1.54) is 10.8 Å². The highest BCUT2D eigenvalue weighted by Crippen LogP contribution is 2.43. The van der Waals surface area contributed by atoms with Crippen LogP contribution in [0.4, 0.5) is 5.69 Å². The van der Waals surface area contributed by atoms with Gasteiger partial charge in [0.05, 0.1) is 52.1 Å². The summed E-state index contributed by atoms with van der Waals surface area (Å²) in [6.45, 7) is 7.93. The number of aromatic nitrogens is 2. The normalized spacial score (nSPS) is 11.1. The van der Waals surface area contributed by atoms with Crippen LogP contribution in [-0.2, 0) is 0 Å². The number of nitriles is 2. The molecule has 0 radical (unpaired) electrons. The first kappa shape index (κ1) is 28.8. The van der Waals surface area contributed by atoms with Gasteiger partial charge in [-0.05, 0) is 88.8 Å². The topological polar surface area (TPSA) is 61.8 Å². The van der Waals surface area contributed by atoms with Crippen molar-refractivity contribution in [2.75, 3.05) is 0 Å². The smallest absolute Gasteiger partial charge is 0.197 e. The molecule has 2 aromatic heterocycles. The second kappa shape index (κ2) is 11.4. The Morgan fingerprint density at radius 2 is 1.12 bits per heavy atom. The number of para-hydroxylation sites is 3. The summed E-state index contributed by atoms with van der Waals surface area (Å²) in [7, 11) is 0. The average molecular weight is 636 g/mol. The van der Waals surface area contributed by atoms with Gasteiger partial charge in [-0.25, -0.2) is 4.85 Å². The fraction of sp³-hybridized carbons (Fsp3) is 0. The molecule has 0 spiro atoms. The summed E-state index contributed by atoms with van der Waals surface area (Å²) in [6, 6.07) is 55.6. The van der Waals surface area contributed by atoms with Crippen molar-refractivity contribution in [2.24, 2.45) is 0 Å². The molecule has 50 heavy (non-hydrogen) atoms. The summed E-state index contributed by atoms with van der Waals surface area (Å²) >= 11 is 0. The second-order valence-electron chi connectivity index (χ2n) is 12.3. The van der Waals surface area contributed by atoms with Crippen molar-refractivity contribution in [2.45, 2.75) is 0 Å². The third kappa shape index (κ3) is 4.31. The van der Waals surface area contributed by atoms with Crippen molar-refractivity contribution in [1.82, 2.24) is 9.13 Å². The van der Waals surface area contributed by atoms with E-state index in [-0.39, 0.29) is 0 Å². The molecule has 0 amide bonds. The summed E-state index contributed by atoms with van der Waals surface area (Å²) < 4.78 is 4.49. The van der Waals surface area contributed by atoms with Gasteiger partial charge in [0.2, 0.25) is 0 Å². The van der Waals surface area contributed by atoms with Crippen molar-refractivity contribution in [3.63, 3.8) is 0 Å². The Labute approximate surface area is 288 Å². The van der Waals surface area contributed by atoms with Gasteiger partial charge in [-0.3, -0.25) is 0 Å². The van der Waals surface area contributed by atoms with E-state index in [1.54, 1.807) is 0 Å². The van der Waals surface area contributed by atoms with Crippen LogP contribution in [-0.4, -0.2) is 9.13 Å². The van der Waals surface area contributed by atoms with Crippen molar-refractivity contribution < 1.29 is 0 Å². The van der Waals surface area contributed by atoms with E-state index in [9.17, 15) is 10.5 Å². The lowest BCUT2D eigenvalue weighted by Gasteiger charge is -2.18. The molecule has 0 aliphatic heterocycles. The van der Waals surface area contributed by atoms with Crippen molar-refractivity contribution >= 4 is 49.3 Å². The lowest BCUT2D eigenvalue weighted by Crippen LogP contribution is -1.99. The first-order chi connectivity index (χ1) is 24.7. The van der Waals surface area contributed by atoms with E-state index < -0.39 is 0 Å². The second-order valence-corrected chi connectivity index (χ2v) is 12.3. The summed E-state index contributed by atoms with van der Waals surface area (Å²) in [6.07, 6.45) is 0. The lowest BCUT2D eigenvalue weighted by molar-refractivity contribution is 1.18. The van der Waals surface area contributed by atoms with Gasteiger partial charge < -0.3 is 9.13 Å². The molecule has 5 heteroatoms. The summed E-state index contributed by atoms with van der Waals surface area (Å²) in [5.41, 5.74) is 11.6. The van der Waals surface area contributed by atoms with Gasteiger partial charge in [0.25, 0.3) is 0 Å². The van der Waals surface area contributed by atoms with E-state index in [4.69, 9.17) is 6.57 Å². The maximum atomic E-state index is 10.0. The Bertz CT molecular complexity index is 2920. The van der Waals surface area contributed by atoms with Crippen LogP contribution in [0.1, 0.15) is 11.1 Å². The Kier molecular flexibility index (Phi) is 6.56. The predicted molar refractivity (Wildman–Crippen MR) is 202 cm³/mol. The highest BCUT2D eigenvalue weighted by Gasteiger charge is 2.20. The number of benzene rings is 7. The molecule has 0 atom stereocenters. The van der Waals surface area contributed by atoms with Gasteiger partial charge >= 0.3 is 0 Å². The Balaban J connectivity index is 1.30. The highest BCUT2D eigenvalue weighted by atomic mass is 15.0. The van der Waals surface area contributed by atoms with Gasteiger partial charge in [-0.1, -0.05) is 84.9 Å². The van der Waals surface area contributed by atoms with E-state index in [1.807, 2.05) is 66.7 Å². The van der Waals surface area contributed by atoms with Crippen molar-refractivity contribution in [1.29, 1.82) is 10.5 Å². The minimum absolute atomic E-state index is 0.541. The van der Waals surface area contributed by atoms with Crippen molar-refractivity contribution in [3.8, 4) is 45.8 Å². The molecule has 230 valence electrons.